The van der Waals surface area contributed by atoms with Crippen LogP contribution in [0, 0.1) is 10.4 Å². The zero-order valence-corrected chi connectivity index (χ0v) is 11.5. The number of para-hydroxylation sites is 2. The maximum atomic E-state index is 13.1. The predicted octanol–water partition coefficient (Wildman–Crippen LogP) is 2.30. The van der Waals surface area contributed by atoms with Gasteiger partial charge in [0.05, 0.1) is 11.6 Å². The fourth-order valence-corrected chi connectivity index (χ4v) is 2.92. The van der Waals surface area contributed by atoms with Gasteiger partial charge in [-0.2, -0.15) is 13.2 Å². The molecule has 0 radical (unpaired) electrons. The normalized spacial score (nSPS) is 21.9. The van der Waals surface area contributed by atoms with Crippen molar-refractivity contribution in [1.29, 1.82) is 0 Å². The molecule has 1 unspecified atom stereocenters. The first kappa shape index (κ1) is 14.0. The number of amidine groups is 1. The van der Waals surface area contributed by atoms with Gasteiger partial charge in [0.1, 0.15) is 6.20 Å². The number of fused-ring (bicyclic) bond motifs is 4. The Hall–Kier alpha value is -2.64. The van der Waals surface area contributed by atoms with E-state index in [1.807, 2.05) is 0 Å². The van der Waals surface area contributed by atoms with Crippen molar-refractivity contribution < 1.29 is 17.9 Å². The summed E-state index contributed by atoms with van der Waals surface area (Å²) in [5.74, 6) is -0.0848. The quantitative estimate of drug-likeness (QED) is 0.425. The summed E-state index contributed by atoms with van der Waals surface area (Å²) in [6.07, 6.45) is -2.01. The van der Waals surface area contributed by atoms with Gasteiger partial charge in [-0.15, -0.1) is 4.74 Å². The van der Waals surface area contributed by atoms with Crippen molar-refractivity contribution >= 4 is 29.5 Å². The van der Waals surface area contributed by atoms with Gasteiger partial charge in [-0.25, -0.2) is 4.65 Å². The highest BCUT2D eigenvalue weighted by Gasteiger charge is 2.45. The van der Waals surface area contributed by atoms with Crippen LogP contribution in [0.2, 0.25) is 0 Å². The second kappa shape index (κ2) is 4.21. The molecule has 0 N–H and O–H groups in total. The molecule has 0 amide bonds. The number of hydroxylamine groups is 2. The number of quaternary nitrogens is 1. The summed E-state index contributed by atoms with van der Waals surface area (Å²) in [4.78, 5) is 0. The lowest BCUT2D eigenvalue weighted by molar-refractivity contribution is -0.356. The van der Waals surface area contributed by atoms with Gasteiger partial charge in [-0.1, -0.05) is 18.2 Å². The van der Waals surface area contributed by atoms with Crippen LogP contribution in [0.1, 0.15) is 5.56 Å². The Balaban J connectivity index is 2.04. The lowest BCUT2D eigenvalue weighted by Gasteiger charge is -2.30. The third-order valence-corrected chi connectivity index (χ3v) is 4.03. The molecule has 0 aliphatic carbocycles. The Morgan fingerprint density at radius 2 is 1.74 bits per heavy atom. The molecule has 0 bridgehead atoms. The van der Waals surface area contributed by atoms with E-state index in [-0.39, 0.29) is 22.4 Å². The van der Waals surface area contributed by atoms with Gasteiger partial charge >= 0.3 is 12.0 Å². The van der Waals surface area contributed by atoms with E-state index in [1.165, 1.54) is 24.3 Å². The zero-order valence-electron chi connectivity index (χ0n) is 11.5. The van der Waals surface area contributed by atoms with Crippen LogP contribution in [0.4, 0.5) is 24.5 Å². The Kier molecular flexibility index (Phi) is 2.56. The number of alkyl halides is 3. The van der Waals surface area contributed by atoms with Crippen LogP contribution in [0.5, 0.6) is 0 Å². The van der Waals surface area contributed by atoms with Crippen LogP contribution in [0.25, 0.3) is 12.3 Å². The molecule has 2 aromatic carbocycles. The number of benzene rings is 2. The third kappa shape index (κ3) is 1.84. The fraction of sp³-hybridized carbons (Fsp3) is 0.0625. The largest absolute Gasteiger partial charge is 0.614 e. The maximum absolute atomic E-state index is 13.1. The standard InChI is InChI=1S/C16H9F3N2O2/c17-16(18,19)12-6-5-10-8-15-20(22)13-3-1-2-4-14(13)21(15,23)9-11(10)7-12/h1-9H. The van der Waals surface area contributed by atoms with E-state index < -0.39 is 16.4 Å². The van der Waals surface area contributed by atoms with Gasteiger partial charge in [0.25, 0.3) is 5.69 Å². The minimum Gasteiger partial charge on any atom is -0.614 e. The summed E-state index contributed by atoms with van der Waals surface area (Å²) in [5, 5.41) is 26.0. The highest BCUT2D eigenvalue weighted by molar-refractivity contribution is 6.18. The molecule has 0 saturated heterocycles. The second-order valence-electron chi connectivity index (χ2n) is 5.41. The van der Waals surface area contributed by atoms with E-state index in [2.05, 4.69) is 0 Å². The summed E-state index contributed by atoms with van der Waals surface area (Å²) in [6, 6.07) is 9.39. The Bertz CT molecular complexity index is 995. The van der Waals surface area contributed by atoms with Gasteiger partial charge in [0.15, 0.2) is 0 Å². The molecule has 4 nitrogen and oxygen atoms in total. The van der Waals surface area contributed by atoms with Gasteiger partial charge in [-0.05, 0) is 17.4 Å². The lowest BCUT2D eigenvalue weighted by atomic mass is 10.1. The molecule has 0 aromatic heterocycles. The highest BCUT2D eigenvalue weighted by Crippen LogP contribution is 2.40. The number of halogens is 3. The number of hydrogen-bond acceptors (Lipinski definition) is 2. The number of hydrogen-bond donors (Lipinski definition) is 0. The Morgan fingerprint density at radius 3 is 2.48 bits per heavy atom. The summed E-state index contributed by atoms with van der Waals surface area (Å²) in [7, 11) is 0. The molecule has 7 heteroatoms. The molecule has 0 fully saturated rings. The molecule has 2 heterocycles. The number of nitrogens with zero attached hydrogens (tertiary/aromatic N) is 2. The topological polar surface area (TPSA) is 49.1 Å². The van der Waals surface area contributed by atoms with Gasteiger partial charge in [0.2, 0.25) is 5.69 Å². The maximum Gasteiger partial charge on any atom is 0.416 e. The van der Waals surface area contributed by atoms with E-state index in [0.29, 0.717) is 9.96 Å². The first-order valence-corrected chi connectivity index (χ1v) is 6.77. The molecule has 116 valence electrons. The average Bonchev–Trinajstić information content (AvgIpc) is 2.72. The van der Waals surface area contributed by atoms with Crippen molar-refractivity contribution in [2.24, 2.45) is 0 Å². The minimum atomic E-state index is -4.49. The van der Waals surface area contributed by atoms with Crippen LogP contribution in [0.3, 0.4) is 0 Å². The van der Waals surface area contributed by atoms with Gasteiger partial charge in [0, 0.05) is 17.4 Å². The Morgan fingerprint density at radius 1 is 1.00 bits per heavy atom. The number of rotatable bonds is 0. The van der Waals surface area contributed by atoms with Crippen LogP contribution >= 0.6 is 0 Å². The van der Waals surface area contributed by atoms with E-state index in [4.69, 9.17) is 0 Å². The third-order valence-electron chi connectivity index (χ3n) is 4.03. The van der Waals surface area contributed by atoms with Crippen molar-refractivity contribution in [2.75, 3.05) is 0 Å². The van der Waals surface area contributed by atoms with Gasteiger partial charge in [-0.3, -0.25) is 0 Å². The summed E-state index contributed by atoms with van der Waals surface area (Å²) >= 11 is 0. The SMILES string of the molecule is [O-][N+]1=C2C=c3ccc(C(F)(F)F)cc3=C[N+]2([O-])c2ccccc21. The summed E-state index contributed by atoms with van der Waals surface area (Å²) in [5.41, 5.74) is -0.437. The minimum absolute atomic E-state index is 0.0848. The Labute approximate surface area is 128 Å². The van der Waals surface area contributed by atoms with E-state index in [9.17, 15) is 23.6 Å². The van der Waals surface area contributed by atoms with Crippen LogP contribution < -0.4 is 15.1 Å². The van der Waals surface area contributed by atoms with E-state index >= 15 is 0 Å². The molecular weight excluding hydrogens is 309 g/mol. The second-order valence-corrected chi connectivity index (χ2v) is 5.41. The van der Waals surface area contributed by atoms with E-state index in [1.54, 1.807) is 12.1 Å². The molecule has 23 heavy (non-hydrogen) atoms. The highest BCUT2D eigenvalue weighted by atomic mass is 19.4. The molecule has 2 aliphatic rings. The molecular formula is C16H9F3N2O2. The van der Waals surface area contributed by atoms with Crippen molar-refractivity contribution in [2.45, 2.75) is 6.18 Å². The average molecular weight is 318 g/mol. The molecule has 0 saturated carbocycles. The van der Waals surface area contributed by atoms with E-state index in [0.717, 1.165) is 18.3 Å². The smallest absolute Gasteiger partial charge is 0.416 e. The molecule has 1 atom stereocenters. The monoisotopic (exact) mass is 318 g/mol. The van der Waals surface area contributed by atoms with Crippen LogP contribution in [-0.4, -0.2) is 10.6 Å². The van der Waals surface area contributed by atoms with Crippen molar-refractivity contribution in [3.05, 3.63) is 68.9 Å². The first-order valence-electron chi connectivity index (χ1n) is 6.77. The van der Waals surface area contributed by atoms with Gasteiger partial charge < -0.3 is 10.4 Å². The molecule has 2 aliphatic heterocycles. The van der Waals surface area contributed by atoms with Crippen molar-refractivity contribution in [3.8, 4) is 0 Å². The first-order chi connectivity index (χ1) is 10.8. The van der Waals surface area contributed by atoms with Crippen molar-refractivity contribution in [3.63, 3.8) is 0 Å². The predicted molar refractivity (Wildman–Crippen MR) is 79.5 cm³/mol. The molecule has 2 aromatic rings. The van der Waals surface area contributed by atoms with Crippen LogP contribution in [0.15, 0.2) is 42.5 Å². The van der Waals surface area contributed by atoms with Crippen LogP contribution in [-0.2, 0) is 6.18 Å². The molecule has 4 rings (SSSR count). The summed E-state index contributed by atoms with van der Waals surface area (Å²) < 4.78 is 37.9. The summed E-state index contributed by atoms with van der Waals surface area (Å²) in [6.45, 7) is 0. The lowest BCUT2D eigenvalue weighted by Crippen LogP contribution is -2.50. The zero-order chi connectivity index (χ0) is 16.4. The van der Waals surface area contributed by atoms with Crippen molar-refractivity contribution in [1.82, 2.24) is 4.65 Å². The fourth-order valence-electron chi connectivity index (χ4n) is 2.92. The molecule has 0 spiro atoms.